The van der Waals surface area contributed by atoms with Crippen LogP contribution < -0.4 is 14.8 Å². The molecule has 0 fully saturated rings. The SMILES string of the molecule is [2H]C([2H])([2H])OCCOc1cc2c(N[C@H](C)c3cccc(C(F)(F)C(C)(C)O)c3F)nc(C)nc2cc1OCC. The van der Waals surface area contributed by atoms with E-state index in [1.54, 1.807) is 32.9 Å². The molecule has 36 heavy (non-hydrogen) atoms. The molecule has 3 aromatic rings. The van der Waals surface area contributed by atoms with Gasteiger partial charge in [-0.2, -0.15) is 8.78 Å². The lowest BCUT2D eigenvalue weighted by Gasteiger charge is -2.30. The van der Waals surface area contributed by atoms with Crippen LogP contribution in [0.2, 0.25) is 0 Å². The van der Waals surface area contributed by atoms with Crippen molar-refractivity contribution in [2.24, 2.45) is 0 Å². The second-order valence-electron chi connectivity index (χ2n) is 8.77. The first-order valence-electron chi connectivity index (χ1n) is 12.9. The fourth-order valence-corrected chi connectivity index (χ4v) is 3.68. The average molecular weight is 511 g/mol. The highest BCUT2D eigenvalue weighted by Crippen LogP contribution is 2.41. The summed E-state index contributed by atoms with van der Waals surface area (Å²) in [7, 11) is -2.56. The molecule has 0 saturated heterocycles. The molecule has 0 saturated carbocycles. The minimum Gasteiger partial charge on any atom is -0.490 e. The number of hydrogen-bond acceptors (Lipinski definition) is 7. The Morgan fingerprint density at radius 1 is 1.14 bits per heavy atom. The maximum Gasteiger partial charge on any atom is 0.303 e. The number of methoxy groups -OCH3 is 1. The van der Waals surface area contributed by atoms with Gasteiger partial charge < -0.3 is 24.6 Å². The van der Waals surface area contributed by atoms with Crippen LogP contribution in [-0.2, 0) is 10.7 Å². The molecule has 0 bridgehead atoms. The quantitative estimate of drug-likeness (QED) is 0.328. The van der Waals surface area contributed by atoms with E-state index in [1.807, 2.05) is 0 Å². The molecule has 1 atom stereocenters. The number of aryl methyl sites for hydroxylation is 1. The summed E-state index contributed by atoms with van der Waals surface area (Å²) in [6.45, 7) is 6.93. The van der Waals surface area contributed by atoms with Gasteiger partial charge >= 0.3 is 5.92 Å². The Balaban J connectivity index is 1.99. The maximum absolute atomic E-state index is 15.4. The summed E-state index contributed by atoms with van der Waals surface area (Å²) in [5.41, 5.74) is -2.97. The van der Waals surface area contributed by atoms with Gasteiger partial charge in [0, 0.05) is 24.1 Å². The smallest absolute Gasteiger partial charge is 0.303 e. The molecule has 0 aliphatic carbocycles. The average Bonchev–Trinajstić information content (AvgIpc) is 2.81. The van der Waals surface area contributed by atoms with Crippen molar-refractivity contribution in [2.45, 2.75) is 52.2 Å². The molecule has 7 nitrogen and oxygen atoms in total. The van der Waals surface area contributed by atoms with E-state index in [0.29, 0.717) is 29.1 Å². The number of benzene rings is 2. The van der Waals surface area contributed by atoms with Crippen molar-refractivity contribution in [1.29, 1.82) is 0 Å². The Morgan fingerprint density at radius 2 is 1.86 bits per heavy atom. The van der Waals surface area contributed by atoms with Crippen LogP contribution in [0, 0.1) is 12.7 Å². The van der Waals surface area contributed by atoms with Gasteiger partial charge in [0.2, 0.25) is 0 Å². The molecular formula is C26H32F3N3O4. The number of alkyl halides is 2. The second kappa shape index (κ2) is 10.9. The standard InChI is InChI=1S/C26H32F3N3O4/c1-7-35-22-14-20-18(13-21(22)36-12-11-34-6)24(32-16(3)31-20)30-15(2)17-9-8-10-19(23(17)27)26(28,29)25(4,5)33/h8-10,13-15,33H,7,11-12H2,1-6H3,(H,30,31,32)/t15-/m1/s1/i6D3. The van der Waals surface area contributed by atoms with Gasteiger partial charge in [-0.25, -0.2) is 14.4 Å². The fourth-order valence-electron chi connectivity index (χ4n) is 3.68. The molecule has 196 valence electrons. The molecule has 0 aliphatic rings. The maximum atomic E-state index is 15.4. The Bertz CT molecular complexity index is 1320. The number of ether oxygens (including phenoxy) is 3. The Labute approximate surface area is 212 Å². The zero-order chi connectivity index (χ0) is 29.2. The van der Waals surface area contributed by atoms with Crippen LogP contribution in [0.5, 0.6) is 11.5 Å². The Morgan fingerprint density at radius 3 is 2.53 bits per heavy atom. The predicted octanol–water partition coefficient (Wildman–Crippen LogP) is 5.54. The van der Waals surface area contributed by atoms with E-state index in [1.165, 1.54) is 12.1 Å². The molecule has 0 radical (unpaired) electrons. The lowest BCUT2D eigenvalue weighted by molar-refractivity contribution is -0.170. The minimum absolute atomic E-state index is 0.0509. The first-order chi connectivity index (χ1) is 18.0. The molecule has 10 heteroatoms. The summed E-state index contributed by atoms with van der Waals surface area (Å²) in [4.78, 5) is 8.86. The van der Waals surface area contributed by atoms with Crippen LogP contribution in [-0.4, -0.2) is 47.5 Å². The summed E-state index contributed by atoms with van der Waals surface area (Å²) >= 11 is 0. The molecule has 1 aromatic heterocycles. The summed E-state index contributed by atoms with van der Waals surface area (Å²) in [6, 6.07) is 6.04. The number of aliphatic hydroxyl groups is 1. The number of nitrogens with one attached hydrogen (secondary N) is 1. The van der Waals surface area contributed by atoms with E-state index >= 15 is 4.39 Å². The van der Waals surface area contributed by atoms with Crippen LogP contribution in [0.15, 0.2) is 30.3 Å². The van der Waals surface area contributed by atoms with Gasteiger partial charge in [-0.1, -0.05) is 12.1 Å². The zero-order valence-electron chi connectivity index (χ0n) is 23.8. The molecule has 0 amide bonds. The molecule has 0 unspecified atom stereocenters. The third kappa shape index (κ3) is 5.65. The number of rotatable bonds is 11. The highest BCUT2D eigenvalue weighted by molar-refractivity contribution is 5.92. The first-order valence-corrected chi connectivity index (χ1v) is 11.4. The van der Waals surface area contributed by atoms with Gasteiger partial charge in [-0.3, -0.25) is 0 Å². The highest BCUT2D eigenvalue weighted by Gasteiger charge is 2.49. The van der Waals surface area contributed by atoms with Crippen molar-refractivity contribution in [2.75, 3.05) is 32.2 Å². The van der Waals surface area contributed by atoms with Crippen LogP contribution in [0.1, 0.15) is 54.8 Å². The van der Waals surface area contributed by atoms with Gasteiger partial charge in [0.25, 0.3) is 0 Å². The van der Waals surface area contributed by atoms with E-state index in [9.17, 15) is 13.9 Å². The Kier molecular flexibility index (Phi) is 7.04. The minimum atomic E-state index is -3.84. The van der Waals surface area contributed by atoms with Crippen LogP contribution >= 0.6 is 0 Å². The molecule has 1 heterocycles. The van der Waals surface area contributed by atoms with Gasteiger partial charge in [0.05, 0.1) is 34.4 Å². The van der Waals surface area contributed by atoms with Crippen molar-refractivity contribution in [1.82, 2.24) is 9.97 Å². The summed E-state index contributed by atoms with van der Waals surface area (Å²) in [6.07, 6.45) is 0. The number of aromatic nitrogens is 2. The second-order valence-corrected chi connectivity index (χ2v) is 8.77. The van der Waals surface area contributed by atoms with Gasteiger partial charge in [0.15, 0.2) is 11.5 Å². The highest BCUT2D eigenvalue weighted by atomic mass is 19.3. The van der Waals surface area contributed by atoms with Crippen LogP contribution in [0.4, 0.5) is 19.0 Å². The Hall–Kier alpha value is -3.11. The van der Waals surface area contributed by atoms with Crippen molar-refractivity contribution < 1.29 is 36.6 Å². The summed E-state index contributed by atoms with van der Waals surface area (Å²) in [5.74, 6) is -3.66. The number of fused-ring (bicyclic) bond motifs is 1. The van der Waals surface area contributed by atoms with Crippen molar-refractivity contribution in [3.8, 4) is 11.5 Å². The third-order valence-corrected chi connectivity index (χ3v) is 5.57. The molecule has 0 aliphatic heterocycles. The lowest BCUT2D eigenvalue weighted by atomic mass is 9.91. The number of nitrogens with zero attached hydrogens (tertiary/aromatic N) is 2. The summed E-state index contributed by atoms with van der Waals surface area (Å²) in [5, 5.41) is 13.5. The summed E-state index contributed by atoms with van der Waals surface area (Å²) < 4.78 is 82.5. The zero-order valence-corrected chi connectivity index (χ0v) is 20.8. The van der Waals surface area contributed by atoms with E-state index in [4.69, 9.17) is 18.3 Å². The monoisotopic (exact) mass is 510 g/mol. The normalized spacial score (nSPS) is 14.6. The van der Waals surface area contributed by atoms with E-state index in [2.05, 4.69) is 15.3 Å². The van der Waals surface area contributed by atoms with E-state index in [-0.39, 0.29) is 30.3 Å². The lowest BCUT2D eigenvalue weighted by Crippen LogP contribution is -2.41. The van der Waals surface area contributed by atoms with Crippen LogP contribution in [0.3, 0.4) is 0 Å². The number of anilines is 1. The topological polar surface area (TPSA) is 85.7 Å². The van der Waals surface area contributed by atoms with Crippen LogP contribution in [0.25, 0.3) is 10.9 Å². The molecule has 0 spiro atoms. The van der Waals surface area contributed by atoms with Gasteiger partial charge in [-0.15, -0.1) is 0 Å². The van der Waals surface area contributed by atoms with Gasteiger partial charge in [-0.05, 0) is 46.8 Å². The number of halogens is 3. The van der Waals surface area contributed by atoms with E-state index < -0.39 is 36.0 Å². The van der Waals surface area contributed by atoms with Crippen molar-refractivity contribution >= 4 is 16.7 Å². The largest absolute Gasteiger partial charge is 0.490 e. The fraction of sp³-hybridized carbons (Fsp3) is 0.462. The molecule has 3 rings (SSSR count). The predicted molar refractivity (Wildman–Crippen MR) is 131 cm³/mol. The first kappa shape index (κ1) is 23.3. The number of hydrogen-bond donors (Lipinski definition) is 2. The molecule has 2 aromatic carbocycles. The molecular weight excluding hydrogens is 475 g/mol. The molecule has 2 N–H and O–H groups in total. The van der Waals surface area contributed by atoms with E-state index in [0.717, 1.165) is 19.9 Å². The van der Waals surface area contributed by atoms with Crippen molar-refractivity contribution in [3.05, 3.63) is 53.1 Å². The van der Waals surface area contributed by atoms with Crippen molar-refractivity contribution in [3.63, 3.8) is 0 Å². The van der Waals surface area contributed by atoms with Gasteiger partial charge in [0.1, 0.15) is 29.7 Å². The third-order valence-electron chi connectivity index (χ3n) is 5.57.